The van der Waals surface area contributed by atoms with E-state index in [-0.39, 0.29) is 0 Å². The Morgan fingerprint density at radius 2 is 2.50 bits per heavy atom. The van der Waals surface area contributed by atoms with E-state index < -0.39 is 0 Å². The number of hydrogen-bond donors (Lipinski definition) is 3. The summed E-state index contributed by atoms with van der Waals surface area (Å²) in [5, 5.41) is 3.24. The lowest BCUT2D eigenvalue weighted by Gasteiger charge is -1.97. The second kappa shape index (κ2) is 4.41. The molecule has 2 N–H and O–H groups in total. The number of hydrogen-bond acceptors (Lipinski definition) is 2. The number of nitrogens with one attached hydrogen (secondary N) is 2. The molecule has 0 saturated carbocycles. The van der Waals surface area contributed by atoms with Crippen molar-refractivity contribution in [3.8, 4) is 0 Å². The third-order valence-corrected chi connectivity index (χ3v) is 1.50. The summed E-state index contributed by atoms with van der Waals surface area (Å²) in [6.07, 6.45) is 3.92. The fraction of sp³-hybridized carbons (Fsp3) is 0.429. The highest BCUT2D eigenvalue weighted by Gasteiger charge is 1.88. The Labute approximate surface area is 66.4 Å². The molecule has 1 aromatic heterocycles. The predicted octanol–water partition coefficient (Wildman–Crippen LogP) is 1.03. The Kier molecular flexibility index (Phi) is 3.40. The minimum atomic E-state index is 0.893. The topological polar surface area (TPSA) is 27.8 Å². The van der Waals surface area contributed by atoms with Crippen molar-refractivity contribution >= 4 is 12.6 Å². The number of thiol groups is 1. The lowest BCUT2D eigenvalue weighted by molar-refractivity contribution is 0.734. The van der Waals surface area contributed by atoms with Crippen molar-refractivity contribution in [2.45, 2.75) is 6.54 Å². The maximum absolute atomic E-state index is 4.08. The molecule has 0 aliphatic heterocycles. The summed E-state index contributed by atoms with van der Waals surface area (Å²) in [6, 6.07) is 2.06. The summed E-state index contributed by atoms with van der Waals surface area (Å²) in [5.41, 5.74) is 1.29. The molecule has 0 fully saturated rings. The second-order valence-electron chi connectivity index (χ2n) is 2.12. The summed E-state index contributed by atoms with van der Waals surface area (Å²) >= 11 is 4.08. The minimum absolute atomic E-state index is 0.893. The van der Waals surface area contributed by atoms with Crippen molar-refractivity contribution in [1.29, 1.82) is 0 Å². The quantitative estimate of drug-likeness (QED) is 0.441. The fourth-order valence-electron chi connectivity index (χ4n) is 0.780. The Morgan fingerprint density at radius 3 is 3.10 bits per heavy atom. The summed E-state index contributed by atoms with van der Waals surface area (Å²) in [6.45, 7) is 1.90. The molecule has 0 bridgehead atoms. The molecule has 0 radical (unpaired) electrons. The van der Waals surface area contributed by atoms with E-state index in [4.69, 9.17) is 0 Å². The molecule has 0 atom stereocenters. The predicted molar refractivity (Wildman–Crippen MR) is 46.4 cm³/mol. The molecule has 10 heavy (non-hydrogen) atoms. The third kappa shape index (κ3) is 2.45. The smallest absolute Gasteiger partial charge is 0.0220 e. The van der Waals surface area contributed by atoms with Crippen LogP contribution in [-0.2, 0) is 6.54 Å². The van der Waals surface area contributed by atoms with E-state index in [0.29, 0.717) is 0 Å². The van der Waals surface area contributed by atoms with E-state index >= 15 is 0 Å². The molecule has 56 valence electrons. The number of rotatable bonds is 4. The molecule has 2 nitrogen and oxygen atoms in total. The normalized spacial score (nSPS) is 10.1. The van der Waals surface area contributed by atoms with Gasteiger partial charge in [0.1, 0.15) is 0 Å². The third-order valence-electron chi connectivity index (χ3n) is 1.28. The van der Waals surface area contributed by atoms with Gasteiger partial charge in [-0.05, 0) is 11.6 Å². The summed E-state index contributed by atoms with van der Waals surface area (Å²) in [7, 11) is 0. The van der Waals surface area contributed by atoms with Gasteiger partial charge in [0.15, 0.2) is 0 Å². The molecule has 1 heterocycles. The van der Waals surface area contributed by atoms with Crippen LogP contribution in [-0.4, -0.2) is 17.3 Å². The zero-order chi connectivity index (χ0) is 7.23. The van der Waals surface area contributed by atoms with Gasteiger partial charge < -0.3 is 10.3 Å². The molecule has 1 rings (SSSR count). The zero-order valence-corrected chi connectivity index (χ0v) is 6.70. The molecule has 0 aliphatic rings. The first-order valence-corrected chi connectivity index (χ1v) is 4.00. The van der Waals surface area contributed by atoms with E-state index in [9.17, 15) is 0 Å². The van der Waals surface area contributed by atoms with Crippen LogP contribution >= 0.6 is 12.6 Å². The monoisotopic (exact) mass is 156 g/mol. The molecule has 0 aromatic carbocycles. The second-order valence-corrected chi connectivity index (χ2v) is 2.57. The van der Waals surface area contributed by atoms with Crippen molar-refractivity contribution < 1.29 is 0 Å². The molecular formula is C7H12N2S. The molecular weight excluding hydrogens is 144 g/mol. The average Bonchev–Trinajstić information content (AvgIpc) is 2.41. The number of H-pyrrole nitrogens is 1. The van der Waals surface area contributed by atoms with Crippen LogP contribution in [0.1, 0.15) is 5.56 Å². The molecule has 0 amide bonds. The lowest BCUT2D eigenvalue weighted by Crippen LogP contribution is -2.15. The Balaban J connectivity index is 2.15. The highest BCUT2D eigenvalue weighted by molar-refractivity contribution is 7.80. The van der Waals surface area contributed by atoms with E-state index in [0.717, 1.165) is 18.8 Å². The van der Waals surface area contributed by atoms with Crippen molar-refractivity contribution in [1.82, 2.24) is 10.3 Å². The first-order chi connectivity index (χ1) is 4.93. The molecule has 0 spiro atoms. The van der Waals surface area contributed by atoms with Gasteiger partial charge in [0.2, 0.25) is 0 Å². The van der Waals surface area contributed by atoms with Gasteiger partial charge in [0.05, 0.1) is 0 Å². The zero-order valence-electron chi connectivity index (χ0n) is 5.80. The highest BCUT2D eigenvalue weighted by atomic mass is 32.1. The summed E-state index contributed by atoms with van der Waals surface area (Å²) in [5.74, 6) is 0.893. The minimum Gasteiger partial charge on any atom is -0.367 e. The van der Waals surface area contributed by atoms with Crippen LogP contribution in [0.15, 0.2) is 18.5 Å². The highest BCUT2D eigenvalue weighted by Crippen LogP contribution is 1.93. The fourth-order valence-corrected chi connectivity index (χ4v) is 0.938. The van der Waals surface area contributed by atoms with E-state index in [1.165, 1.54) is 5.56 Å². The van der Waals surface area contributed by atoms with Crippen LogP contribution in [0, 0.1) is 0 Å². The summed E-state index contributed by atoms with van der Waals surface area (Å²) < 4.78 is 0. The van der Waals surface area contributed by atoms with Gasteiger partial charge in [0.25, 0.3) is 0 Å². The first-order valence-electron chi connectivity index (χ1n) is 3.36. The van der Waals surface area contributed by atoms with Gasteiger partial charge in [-0.15, -0.1) is 0 Å². The molecule has 0 aliphatic carbocycles. The number of aromatic nitrogens is 1. The Bertz CT molecular complexity index is 160. The molecule has 3 heteroatoms. The standard InChI is InChI=1S/C7H12N2S/c10-4-3-9-6-7-1-2-8-5-7/h1-2,5,8-10H,3-4,6H2. The Morgan fingerprint density at radius 1 is 1.60 bits per heavy atom. The van der Waals surface area contributed by atoms with Gasteiger partial charge in [0, 0.05) is 31.2 Å². The number of aromatic amines is 1. The molecule has 1 aromatic rings. The van der Waals surface area contributed by atoms with Crippen LogP contribution in [0.4, 0.5) is 0 Å². The van der Waals surface area contributed by atoms with E-state index in [1.807, 2.05) is 12.4 Å². The van der Waals surface area contributed by atoms with Crippen LogP contribution < -0.4 is 5.32 Å². The van der Waals surface area contributed by atoms with Crippen LogP contribution in [0.2, 0.25) is 0 Å². The van der Waals surface area contributed by atoms with Gasteiger partial charge in [-0.25, -0.2) is 0 Å². The van der Waals surface area contributed by atoms with Crippen LogP contribution in [0.25, 0.3) is 0 Å². The van der Waals surface area contributed by atoms with Crippen molar-refractivity contribution in [2.75, 3.05) is 12.3 Å². The van der Waals surface area contributed by atoms with Crippen molar-refractivity contribution in [3.63, 3.8) is 0 Å². The summed E-state index contributed by atoms with van der Waals surface area (Å²) in [4.78, 5) is 3.00. The average molecular weight is 156 g/mol. The lowest BCUT2D eigenvalue weighted by atomic mass is 10.3. The van der Waals surface area contributed by atoms with Crippen molar-refractivity contribution in [3.05, 3.63) is 24.0 Å². The van der Waals surface area contributed by atoms with Crippen molar-refractivity contribution in [2.24, 2.45) is 0 Å². The van der Waals surface area contributed by atoms with Crippen LogP contribution in [0.5, 0.6) is 0 Å². The maximum Gasteiger partial charge on any atom is 0.0220 e. The van der Waals surface area contributed by atoms with Crippen LogP contribution in [0.3, 0.4) is 0 Å². The van der Waals surface area contributed by atoms with Gasteiger partial charge >= 0.3 is 0 Å². The first kappa shape index (κ1) is 7.69. The molecule has 0 saturated heterocycles. The van der Waals surface area contributed by atoms with Gasteiger partial charge in [-0.1, -0.05) is 0 Å². The Hall–Kier alpha value is -0.410. The largest absolute Gasteiger partial charge is 0.367 e. The van der Waals surface area contributed by atoms with Gasteiger partial charge in [-0.2, -0.15) is 12.6 Å². The van der Waals surface area contributed by atoms with E-state index in [1.54, 1.807) is 0 Å². The SMILES string of the molecule is SCCNCc1cc[nH]c1. The van der Waals surface area contributed by atoms with Gasteiger partial charge in [-0.3, -0.25) is 0 Å². The van der Waals surface area contributed by atoms with E-state index in [2.05, 4.69) is 29.0 Å². The molecule has 0 unspecified atom stereocenters. The maximum atomic E-state index is 4.08.